The number of alkyl halides is 3. The van der Waals surface area contributed by atoms with E-state index in [1.807, 2.05) is 24.3 Å². The number of ether oxygens (including phenoxy) is 1. The fourth-order valence-electron chi connectivity index (χ4n) is 4.09. The predicted octanol–water partition coefficient (Wildman–Crippen LogP) is 5.77. The average Bonchev–Trinajstić information content (AvgIpc) is 3.20. The minimum absolute atomic E-state index is 0.0508. The lowest BCUT2D eigenvalue weighted by Crippen LogP contribution is -2.34. The maximum absolute atomic E-state index is 13.7. The third-order valence-corrected chi connectivity index (χ3v) is 5.94. The number of hydrogen-bond donors (Lipinski definition) is 1. The first-order valence-electron chi connectivity index (χ1n) is 10.8. The topological polar surface area (TPSA) is 55.4 Å². The van der Waals surface area contributed by atoms with E-state index in [0.717, 1.165) is 17.2 Å². The van der Waals surface area contributed by atoms with Crippen molar-refractivity contribution in [3.63, 3.8) is 0 Å². The van der Waals surface area contributed by atoms with Gasteiger partial charge in [0, 0.05) is 11.6 Å². The number of amides is 1. The van der Waals surface area contributed by atoms with Crippen LogP contribution in [0.3, 0.4) is 0 Å². The quantitative estimate of drug-likeness (QED) is 0.338. The Balaban J connectivity index is 1.75. The molecule has 4 nitrogen and oxygen atoms in total. The number of hydrogen-bond acceptors (Lipinski definition) is 3. The number of allylic oxidation sites excluding steroid dienone is 1. The first kappa shape index (κ1) is 25.5. The molecule has 182 valence electrons. The van der Waals surface area contributed by atoms with Gasteiger partial charge in [-0.25, -0.2) is 4.39 Å². The Bertz CT molecular complexity index is 1080. The van der Waals surface area contributed by atoms with Crippen molar-refractivity contribution in [2.24, 2.45) is 5.92 Å². The summed E-state index contributed by atoms with van der Waals surface area (Å²) in [6.45, 7) is 6.26. The summed E-state index contributed by atoms with van der Waals surface area (Å²) in [5, 5.41) is 2.61. The molecule has 0 saturated heterocycles. The van der Waals surface area contributed by atoms with Crippen LogP contribution in [0.2, 0.25) is 0 Å². The molecule has 0 spiro atoms. The highest BCUT2D eigenvalue weighted by Gasteiger charge is 2.35. The van der Waals surface area contributed by atoms with Gasteiger partial charge < -0.3 is 10.1 Å². The largest absolute Gasteiger partial charge is 0.469 e. The molecule has 34 heavy (non-hydrogen) atoms. The van der Waals surface area contributed by atoms with E-state index in [2.05, 4.69) is 26.1 Å². The fraction of sp³-hybridized carbons (Fsp3) is 0.385. The van der Waals surface area contributed by atoms with Crippen LogP contribution in [0.15, 0.2) is 54.6 Å². The van der Waals surface area contributed by atoms with E-state index in [1.54, 1.807) is 12.2 Å². The van der Waals surface area contributed by atoms with Crippen LogP contribution in [0.5, 0.6) is 0 Å². The van der Waals surface area contributed by atoms with Crippen LogP contribution in [0.25, 0.3) is 0 Å². The molecule has 0 aliphatic heterocycles. The number of halogens is 4. The van der Waals surface area contributed by atoms with Gasteiger partial charge in [0.25, 0.3) is 5.91 Å². The van der Waals surface area contributed by atoms with Gasteiger partial charge in [0.2, 0.25) is 0 Å². The predicted molar refractivity (Wildman–Crippen MR) is 120 cm³/mol. The lowest BCUT2D eigenvalue weighted by molar-refractivity contribution is -0.143. The third-order valence-electron chi connectivity index (χ3n) is 5.94. The van der Waals surface area contributed by atoms with Crippen LogP contribution in [-0.4, -0.2) is 25.0 Å². The minimum atomic E-state index is -4.77. The lowest BCUT2D eigenvalue weighted by atomic mass is 9.82. The van der Waals surface area contributed by atoms with Crippen molar-refractivity contribution >= 4 is 11.9 Å². The molecule has 0 unspecified atom stereocenters. The first-order chi connectivity index (χ1) is 15.8. The molecule has 1 amide bonds. The molecule has 2 aromatic rings. The van der Waals surface area contributed by atoms with Crippen molar-refractivity contribution in [1.29, 1.82) is 0 Å². The fourth-order valence-corrected chi connectivity index (χ4v) is 4.09. The first-order valence-corrected chi connectivity index (χ1v) is 10.8. The van der Waals surface area contributed by atoms with Crippen LogP contribution < -0.4 is 5.32 Å². The number of methoxy groups -OCH3 is 1. The molecule has 8 heteroatoms. The van der Waals surface area contributed by atoms with Crippen molar-refractivity contribution in [3.05, 3.63) is 82.7 Å². The second-order valence-electron chi connectivity index (χ2n) is 9.46. The zero-order valence-electron chi connectivity index (χ0n) is 19.4. The van der Waals surface area contributed by atoms with E-state index in [0.29, 0.717) is 18.6 Å². The van der Waals surface area contributed by atoms with E-state index in [1.165, 1.54) is 7.11 Å². The maximum Gasteiger partial charge on any atom is 0.416 e. The normalized spacial score (nSPS) is 19.1. The van der Waals surface area contributed by atoms with Crippen molar-refractivity contribution in [2.45, 2.75) is 50.7 Å². The van der Waals surface area contributed by atoms with Crippen molar-refractivity contribution < 1.29 is 31.9 Å². The highest BCUT2D eigenvalue weighted by atomic mass is 19.4. The summed E-state index contributed by atoms with van der Waals surface area (Å²) >= 11 is 0. The Kier molecular flexibility index (Phi) is 7.19. The van der Waals surface area contributed by atoms with Crippen molar-refractivity contribution in [1.82, 2.24) is 5.32 Å². The number of nitrogens with one attached hydrogen (secondary N) is 1. The number of esters is 1. The Morgan fingerprint density at radius 3 is 2.21 bits per heavy atom. The van der Waals surface area contributed by atoms with Crippen LogP contribution >= 0.6 is 0 Å². The van der Waals surface area contributed by atoms with Crippen LogP contribution in [0.4, 0.5) is 17.6 Å². The molecule has 0 fully saturated rings. The molecule has 0 aromatic heterocycles. The molecule has 1 aliphatic rings. The van der Waals surface area contributed by atoms with Gasteiger partial charge in [-0.3, -0.25) is 9.59 Å². The van der Waals surface area contributed by atoms with Gasteiger partial charge in [-0.05, 0) is 47.1 Å². The Morgan fingerprint density at radius 1 is 1.00 bits per heavy atom. The van der Waals surface area contributed by atoms with Gasteiger partial charge in [-0.15, -0.1) is 0 Å². The summed E-state index contributed by atoms with van der Waals surface area (Å²) in [4.78, 5) is 25.1. The monoisotopic (exact) mass is 477 g/mol. The smallest absolute Gasteiger partial charge is 0.416 e. The second-order valence-corrected chi connectivity index (χ2v) is 9.46. The van der Waals surface area contributed by atoms with Crippen LogP contribution in [-0.2, 0) is 21.1 Å². The third kappa shape index (κ3) is 5.85. The summed E-state index contributed by atoms with van der Waals surface area (Å²) in [6.07, 6.45) is -0.956. The van der Waals surface area contributed by atoms with E-state index in [-0.39, 0.29) is 11.3 Å². The van der Waals surface area contributed by atoms with Crippen molar-refractivity contribution in [2.75, 3.05) is 7.11 Å². The number of benzene rings is 2. The molecule has 1 aliphatic carbocycles. The average molecular weight is 477 g/mol. The van der Waals surface area contributed by atoms with Crippen LogP contribution in [0, 0.1) is 11.7 Å². The summed E-state index contributed by atoms with van der Waals surface area (Å²) in [5.74, 6) is -3.31. The highest BCUT2D eigenvalue weighted by Crippen LogP contribution is 2.36. The Morgan fingerprint density at radius 2 is 1.65 bits per heavy atom. The van der Waals surface area contributed by atoms with E-state index < -0.39 is 47.0 Å². The Hall–Kier alpha value is -3.16. The molecule has 1 N–H and O–H groups in total. The number of rotatable bonds is 5. The van der Waals surface area contributed by atoms with E-state index in [9.17, 15) is 27.2 Å². The summed E-state index contributed by atoms with van der Waals surface area (Å²) in [5.41, 5.74) is 0.167. The maximum atomic E-state index is 13.7. The van der Waals surface area contributed by atoms with Gasteiger partial charge in [-0.1, -0.05) is 57.2 Å². The van der Waals surface area contributed by atoms with E-state index in [4.69, 9.17) is 4.74 Å². The lowest BCUT2D eigenvalue weighted by Gasteiger charge is -2.24. The zero-order chi connectivity index (χ0) is 25.3. The minimum Gasteiger partial charge on any atom is -0.469 e. The van der Waals surface area contributed by atoms with Gasteiger partial charge in [0.05, 0.1) is 18.6 Å². The number of carbonyl (C=O) groups excluding carboxylic acids is 2. The molecule has 0 radical (unpaired) electrons. The summed E-state index contributed by atoms with van der Waals surface area (Å²) in [7, 11) is 1.30. The van der Waals surface area contributed by atoms with Gasteiger partial charge in [-0.2, -0.15) is 13.2 Å². The molecule has 2 aromatic carbocycles. The highest BCUT2D eigenvalue weighted by molar-refractivity contribution is 5.94. The van der Waals surface area contributed by atoms with Crippen molar-refractivity contribution in [3.8, 4) is 0 Å². The molecule has 0 bridgehead atoms. The summed E-state index contributed by atoms with van der Waals surface area (Å²) in [6, 6.07) is 8.87. The summed E-state index contributed by atoms with van der Waals surface area (Å²) < 4.78 is 57.6. The molecule has 0 saturated carbocycles. The molecule has 3 atom stereocenters. The van der Waals surface area contributed by atoms with E-state index >= 15 is 0 Å². The van der Waals surface area contributed by atoms with Crippen LogP contribution in [0.1, 0.15) is 60.2 Å². The molecule has 3 rings (SSSR count). The molecular weight excluding hydrogens is 450 g/mol. The second kappa shape index (κ2) is 9.60. The standard InChI is InChI=1S/C26H27F4NO3/c1-25(2,3)18-8-5-15(6-9-18)22(24(33)34-4)16-7-10-21(13-16)31-23(32)17-11-19(26(28,29)30)14-20(27)12-17/h5-12,14,16,21-22H,13H2,1-4H3,(H,31,32)/t16-,21+,22-/m1/s1. The Labute approximate surface area is 196 Å². The van der Waals surface area contributed by atoms with Gasteiger partial charge >= 0.3 is 12.1 Å². The van der Waals surface area contributed by atoms with Gasteiger partial charge in [0.1, 0.15) is 5.82 Å². The molecular formula is C26H27F4NO3. The van der Waals surface area contributed by atoms with Gasteiger partial charge in [0.15, 0.2) is 0 Å². The SMILES string of the molecule is COC(=O)[C@H](c1ccc(C(C)(C)C)cc1)[C@@H]1C=C[C@H](NC(=O)c2cc(F)cc(C(F)(F)F)c2)C1. The zero-order valence-corrected chi connectivity index (χ0v) is 19.4. The molecule has 0 heterocycles. The number of carbonyl (C=O) groups is 2.